The van der Waals surface area contributed by atoms with E-state index in [1.54, 1.807) is 0 Å². The number of carbonyl (C=O) groups is 1. The SMILES string of the molecule is CCC(CC)(NC1CCCCCC1)C(=O)OC. The van der Waals surface area contributed by atoms with Crippen LogP contribution >= 0.6 is 0 Å². The van der Waals surface area contributed by atoms with Gasteiger partial charge in [-0.1, -0.05) is 39.5 Å². The molecule has 100 valence electrons. The zero-order chi connectivity index (χ0) is 12.7. The molecule has 1 aliphatic carbocycles. The summed E-state index contributed by atoms with van der Waals surface area (Å²) in [4.78, 5) is 12.0. The molecule has 0 saturated heterocycles. The molecule has 0 aromatic heterocycles. The maximum atomic E-state index is 12.0. The first kappa shape index (κ1) is 14.5. The molecule has 0 aromatic carbocycles. The lowest BCUT2D eigenvalue weighted by atomic mass is 9.90. The van der Waals surface area contributed by atoms with Crippen LogP contribution in [0.25, 0.3) is 0 Å². The molecule has 1 aliphatic rings. The summed E-state index contributed by atoms with van der Waals surface area (Å²) in [6, 6.07) is 0.483. The van der Waals surface area contributed by atoms with Crippen molar-refractivity contribution < 1.29 is 9.53 Å². The molecule has 1 N–H and O–H groups in total. The minimum absolute atomic E-state index is 0.105. The quantitative estimate of drug-likeness (QED) is 0.594. The van der Waals surface area contributed by atoms with Gasteiger partial charge in [0.2, 0.25) is 0 Å². The van der Waals surface area contributed by atoms with E-state index in [0.29, 0.717) is 6.04 Å². The van der Waals surface area contributed by atoms with Gasteiger partial charge in [-0.2, -0.15) is 0 Å². The highest BCUT2D eigenvalue weighted by Crippen LogP contribution is 2.23. The Morgan fingerprint density at radius 2 is 1.71 bits per heavy atom. The van der Waals surface area contributed by atoms with Crippen LogP contribution in [0.5, 0.6) is 0 Å². The van der Waals surface area contributed by atoms with Gasteiger partial charge in [-0.05, 0) is 25.7 Å². The monoisotopic (exact) mass is 241 g/mol. The average molecular weight is 241 g/mol. The molecule has 1 rings (SSSR count). The van der Waals surface area contributed by atoms with Gasteiger partial charge in [0.05, 0.1) is 7.11 Å². The molecule has 0 aliphatic heterocycles. The predicted molar refractivity (Wildman–Crippen MR) is 70.0 cm³/mol. The van der Waals surface area contributed by atoms with Crippen LogP contribution in [0.4, 0.5) is 0 Å². The highest BCUT2D eigenvalue weighted by Gasteiger charge is 2.37. The number of nitrogens with one attached hydrogen (secondary N) is 1. The molecule has 0 amide bonds. The molecule has 1 fully saturated rings. The van der Waals surface area contributed by atoms with Crippen LogP contribution in [0.3, 0.4) is 0 Å². The molecule has 0 spiro atoms. The molecular weight excluding hydrogens is 214 g/mol. The molecule has 0 aromatic rings. The third-order valence-corrected chi connectivity index (χ3v) is 4.12. The minimum atomic E-state index is -0.468. The van der Waals surface area contributed by atoms with E-state index in [2.05, 4.69) is 19.2 Å². The zero-order valence-electron chi connectivity index (χ0n) is 11.6. The molecule has 0 unspecified atom stereocenters. The fourth-order valence-corrected chi connectivity index (χ4v) is 2.81. The zero-order valence-corrected chi connectivity index (χ0v) is 11.6. The van der Waals surface area contributed by atoms with Crippen LogP contribution in [0.1, 0.15) is 65.2 Å². The van der Waals surface area contributed by atoms with Gasteiger partial charge in [-0.15, -0.1) is 0 Å². The molecule has 0 bridgehead atoms. The molecule has 3 nitrogen and oxygen atoms in total. The summed E-state index contributed by atoms with van der Waals surface area (Å²) >= 11 is 0. The Morgan fingerprint density at radius 1 is 1.18 bits per heavy atom. The van der Waals surface area contributed by atoms with Crippen LogP contribution < -0.4 is 5.32 Å². The fourth-order valence-electron chi connectivity index (χ4n) is 2.81. The molecule has 0 atom stereocenters. The summed E-state index contributed by atoms with van der Waals surface area (Å²) in [5.74, 6) is -0.105. The first-order chi connectivity index (χ1) is 8.18. The van der Waals surface area contributed by atoms with Crippen molar-refractivity contribution in [2.45, 2.75) is 76.8 Å². The van der Waals surface area contributed by atoms with Gasteiger partial charge >= 0.3 is 5.97 Å². The number of methoxy groups -OCH3 is 1. The van der Waals surface area contributed by atoms with E-state index in [9.17, 15) is 4.79 Å². The first-order valence-electron chi connectivity index (χ1n) is 7.04. The number of carbonyl (C=O) groups excluding carboxylic acids is 1. The van der Waals surface area contributed by atoms with Gasteiger partial charge in [0, 0.05) is 6.04 Å². The molecule has 17 heavy (non-hydrogen) atoms. The van der Waals surface area contributed by atoms with E-state index in [1.807, 2.05) is 0 Å². The van der Waals surface area contributed by atoms with Crippen LogP contribution in [-0.2, 0) is 9.53 Å². The van der Waals surface area contributed by atoms with E-state index < -0.39 is 5.54 Å². The topological polar surface area (TPSA) is 38.3 Å². The van der Waals surface area contributed by atoms with E-state index in [1.165, 1.54) is 45.6 Å². The van der Waals surface area contributed by atoms with Crippen molar-refractivity contribution >= 4 is 5.97 Å². The van der Waals surface area contributed by atoms with Gasteiger partial charge in [-0.25, -0.2) is 0 Å². The maximum absolute atomic E-state index is 12.0. The minimum Gasteiger partial charge on any atom is -0.468 e. The Hall–Kier alpha value is -0.570. The Bertz CT molecular complexity index is 228. The smallest absolute Gasteiger partial charge is 0.326 e. The summed E-state index contributed by atoms with van der Waals surface area (Å²) < 4.78 is 4.97. The van der Waals surface area contributed by atoms with Crippen LogP contribution in [0.2, 0.25) is 0 Å². The highest BCUT2D eigenvalue weighted by atomic mass is 16.5. The van der Waals surface area contributed by atoms with Gasteiger partial charge in [-0.3, -0.25) is 10.1 Å². The lowest BCUT2D eigenvalue weighted by molar-refractivity contribution is -0.149. The number of esters is 1. The summed E-state index contributed by atoms with van der Waals surface area (Å²) in [6.45, 7) is 4.12. The van der Waals surface area contributed by atoms with E-state index >= 15 is 0 Å². The van der Waals surface area contributed by atoms with Crippen molar-refractivity contribution in [3.05, 3.63) is 0 Å². The summed E-state index contributed by atoms with van der Waals surface area (Å²) in [6.07, 6.45) is 9.21. The van der Waals surface area contributed by atoms with Crippen molar-refractivity contribution in [1.82, 2.24) is 5.32 Å². The van der Waals surface area contributed by atoms with E-state index in [0.717, 1.165) is 12.8 Å². The Morgan fingerprint density at radius 3 is 2.12 bits per heavy atom. The van der Waals surface area contributed by atoms with Crippen LogP contribution in [0, 0.1) is 0 Å². The van der Waals surface area contributed by atoms with Gasteiger partial charge in [0.1, 0.15) is 5.54 Å². The molecule has 1 saturated carbocycles. The molecule has 3 heteroatoms. The standard InChI is InChI=1S/C14H27NO2/c1-4-14(5-2,13(16)17-3)15-12-10-8-6-7-9-11-12/h12,15H,4-11H2,1-3H3. The second-order valence-corrected chi connectivity index (χ2v) is 5.11. The molecule has 0 heterocycles. The van der Waals surface area contributed by atoms with Crippen molar-refractivity contribution in [3.63, 3.8) is 0 Å². The molecule has 0 radical (unpaired) electrons. The van der Waals surface area contributed by atoms with E-state index in [-0.39, 0.29) is 5.97 Å². The summed E-state index contributed by atoms with van der Waals surface area (Å²) in [7, 11) is 1.48. The third kappa shape index (κ3) is 3.70. The Kier molecular flexibility index (Phi) is 5.96. The van der Waals surface area contributed by atoms with Crippen molar-refractivity contribution in [2.24, 2.45) is 0 Å². The number of hydrogen-bond donors (Lipinski definition) is 1. The number of ether oxygens (including phenoxy) is 1. The van der Waals surface area contributed by atoms with Gasteiger partial charge in [0.25, 0.3) is 0 Å². The highest BCUT2D eigenvalue weighted by molar-refractivity contribution is 5.80. The lowest BCUT2D eigenvalue weighted by Gasteiger charge is -2.34. The second-order valence-electron chi connectivity index (χ2n) is 5.11. The number of hydrogen-bond acceptors (Lipinski definition) is 3. The second kappa shape index (κ2) is 7.00. The van der Waals surface area contributed by atoms with Crippen molar-refractivity contribution in [1.29, 1.82) is 0 Å². The average Bonchev–Trinajstić information content (AvgIpc) is 2.63. The maximum Gasteiger partial charge on any atom is 0.326 e. The first-order valence-corrected chi connectivity index (χ1v) is 7.04. The van der Waals surface area contributed by atoms with Crippen molar-refractivity contribution in [2.75, 3.05) is 7.11 Å². The Balaban J connectivity index is 2.67. The Labute approximate surface area is 105 Å². The van der Waals surface area contributed by atoms with Gasteiger partial charge in [0.15, 0.2) is 0 Å². The molecular formula is C14H27NO2. The largest absolute Gasteiger partial charge is 0.468 e. The normalized spacial score (nSPS) is 18.8. The summed E-state index contributed by atoms with van der Waals surface area (Å²) in [5.41, 5.74) is -0.468. The van der Waals surface area contributed by atoms with Gasteiger partial charge < -0.3 is 4.74 Å². The third-order valence-electron chi connectivity index (χ3n) is 4.12. The predicted octanol–water partition coefficient (Wildman–Crippen LogP) is 3.03. The van der Waals surface area contributed by atoms with Crippen molar-refractivity contribution in [3.8, 4) is 0 Å². The summed E-state index contributed by atoms with van der Waals surface area (Å²) in [5, 5.41) is 3.58. The lowest BCUT2D eigenvalue weighted by Crippen LogP contribution is -2.55. The number of rotatable bonds is 5. The fraction of sp³-hybridized carbons (Fsp3) is 0.929. The van der Waals surface area contributed by atoms with Crippen LogP contribution in [-0.4, -0.2) is 24.7 Å². The van der Waals surface area contributed by atoms with Crippen LogP contribution in [0.15, 0.2) is 0 Å². The van der Waals surface area contributed by atoms with E-state index in [4.69, 9.17) is 4.74 Å².